The molecule has 0 amide bonds. The molecule has 2 aromatic rings. The van der Waals surface area contributed by atoms with E-state index in [-0.39, 0.29) is 12.4 Å². The van der Waals surface area contributed by atoms with Crippen molar-refractivity contribution in [2.24, 2.45) is 0 Å². The second-order valence-corrected chi connectivity index (χ2v) is 3.95. The third-order valence-electron chi connectivity index (χ3n) is 2.52. The predicted octanol–water partition coefficient (Wildman–Crippen LogP) is 2.52. The summed E-state index contributed by atoms with van der Waals surface area (Å²) >= 11 is 0. The van der Waals surface area contributed by atoms with Crippen LogP contribution in [0.4, 0.5) is 10.1 Å². The van der Waals surface area contributed by atoms with Crippen molar-refractivity contribution in [2.45, 2.75) is 6.10 Å². The summed E-state index contributed by atoms with van der Waals surface area (Å²) in [5.74, 6) is 0.193. The summed E-state index contributed by atoms with van der Waals surface area (Å²) in [7, 11) is 0. The molecule has 0 spiro atoms. The van der Waals surface area contributed by atoms with Crippen molar-refractivity contribution in [3.05, 3.63) is 59.9 Å². The van der Waals surface area contributed by atoms with E-state index in [1.54, 1.807) is 24.3 Å². The monoisotopic (exact) mass is 247 g/mol. The highest BCUT2D eigenvalue weighted by Crippen LogP contribution is 2.18. The van der Waals surface area contributed by atoms with Crippen molar-refractivity contribution >= 4 is 5.69 Å². The van der Waals surface area contributed by atoms with Gasteiger partial charge in [0, 0.05) is 5.69 Å². The number of nitrogen functional groups attached to an aromatic ring is 1. The molecule has 0 radical (unpaired) electrons. The maximum Gasteiger partial charge on any atom is 0.123 e. The topological polar surface area (TPSA) is 55.5 Å². The van der Waals surface area contributed by atoms with Crippen LogP contribution in [0.15, 0.2) is 48.5 Å². The molecule has 0 heterocycles. The molecule has 0 aliphatic rings. The van der Waals surface area contributed by atoms with Crippen LogP contribution < -0.4 is 10.5 Å². The lowest BCUT2D eigenvalue weighted by Gasteiger charge is -2.13. The van der Waals surface area contributed by atoms with Gasteiger partial charge in [-0.1, -0.05) is 12.1 Å². The minimum atomic E-state index is -0.765. The second kappa shape index (κ2) is 5.51. The van der Waals surface area contributed by atoms with E-state index in [0.717, 1.165) is 0 Å². The Hall–Kier alpha value is -2.07. The number of benzene rings is 2. The predicted molar refractivity (Wildman–Crippen MR) is 67.7 cm³/mol. The van der Waals surface area contributed by atoms with Gasteiger partial charge in [0.2, 0.25) is 0 Å². The van der Waals surface area contributed by atoms with Crippen LogP contribution in [0.2, 0.25) is 0 Å². The standard InChI is InChI=1S/C14H14FNO2/c15-11-4-6-13(7-5-11)18-9-14(17)10-2-1-3-12(16)8-10/h1-8,14,17H,9,16H2. The number of aliphatic hydroxyl groups is 1. The van der Waals surface area contributed by atoms with Crippen LogP contribution in [0.1, 0.15) is 11.7 Å². The molecule has 3 nitrogen and oxygen atoms in total. The third kappa shape index (κ3) is 3.21. The Morgan fingerprint density at radius 2 is 1.89 bits per heavy atom. The highest BCUT2D eigenvalue weighted by atomic mass is 19.1. The Balaban J connectivity index is 1.96. The van der Waals surface area contributed by atoms with Gasteiger partial charge in [-0.15, -0.1) is 0 Å². The van der Waals surface area contributed by atoms with Gasteiger partial charge in [-0.25, -0.2) is 4.39 Å². The number of rotatable bonds is 4. The molecule has 4 heteroatoms. The van der Waals surface area contributed by atoms with E-state index < -0.39 is 6.10 Å². The summed E-state index contributed by atoms with van der Waals surface area (Å²) in [6, 6.07) is 12.6. The zero-order valence-electron chi connectivity index (χ0n) is 9.71. The van der Waals surface area contributed by atoms with Gasteiger partial charge >= 0.3 is 0 Å². The largest absolute Gasteiger partial charge is 0.491 e. The number of nitrogens with two attached hydrogens (primary N) is 1. The molecular weight excluding hydrogens is 233 g/mol. The first-order valence-corrected chi connectivity index (χ1v) is 5.57. The van der Waals surface area contributed by atoms with Crippen molar-refractivity contribution in [1.29, 1.82) is 0 Å². The Kier molecular flexibility index (Phi) is 3.79. The first kappa shape index (κ1) is 12.4. The molecule has 1 atom stereocenters. The number of anilines is 1. The van der Waals surface area contributed by atoms with E-state index in [1.165, 1.54) is 24.3 Å². The summed E-state index contributed by atoms with van der Waals surface area (Å²) in [6.45, 7) is 0.0923. The van der Waals surface area contributed by atoms with E-state index in [4.69, 9.17) is 10.5 Å². The zero-order valence-corrected chi connectivity index (χ0v) is 9.71. The van der Waals surface area contributed by atoms with Gasteiger partial charge < -0.3 is 15.6 Å². The summed E-state index contributed by atoms with van der Waals surface area (Å²) < 4.78 is 18.0. The van der Waals surface area contributed by atoms with E-state index >= 15 is 0 Å². The highest BCUT2D eigenvalue weighted by Gasteiger charge is 2.08. The third-order valence-corrected chi connectivity index (χ3v) is 2.52. The number of hydrogen-bond donors (Lipinski definition) is 2. The summed E-state index contributed by atoms with van der Waals surface area (Å²) in [5, 5.41) is 9.91. The summed E-state index contributed by atoms with van der Waals surface area (Å²) in [6.07, 6.45) is -0.765. The molecule has 2 rings (SSSR count). The fourth-order valence-electron chi connectivity index (χ4n) is 1.57. The molecule has 1 unspecified atom stereocenters. The minimum absolute atomic E-state index is 0.0923. The molecule has 94 valence electrons. The van der Waals surface area contributed by atoms with Crippen LogP contribution in [0, 0.1) is 5.82 Å². The zero-order chi connectivity index (χ0) is 13.0. The fourth-order valence-corrected chi connectivity index (χ4v) is 1.57. The molecule has 0 aliphatic heterocycles. The average Bonchev–Trinajstić information content (AvgIpc) is 2.38. The molecule has 0 saturated carbocycles. The lowest BCUT2D eigenvalue weighted by Crippen LogP contribution is -2.09. The van der Waals surface area contributed by atoms with Gasteiger partial charge in [0.1, 0.15) is 24.3 Å². The van der Waals surface area contributed by atoms with Gasteiger partial charge in [-0.05, 0) is 42.0 Å². The fraction of sp³-hybridized carbons (Fsp3) is 0.143. The van der Waals surface area contributed by atoms with Crippen molar-refractivity contribution in [3.63, 3.8) is 0 Å². The van der Waals surface area contributed by atoms with Gasteiger partial charge in [0.05, 0.1) is 0 Å². The van der Waals surface area contributed by atoms with Crippen molar-refractivity contribution in [3.8, 4) is 5.75 Å². The van der Waals surface area contributed by atoms with Crippen LogP contribution in [0.25, 0.3) is 0 Å². The van der Waals surface area contributed by atoms with E-state index in [9.17, 15) is 9.50 Å². The Bertz CT molecular complexity index is 513. The quantitative estimate of drug-likeness (QED) is 0.816. The van der Waals surface area contributed by atoms with Gasteiger partial charge in [-0.3, -0.25) is 0 Å². The molecule has 2 aromatic carbocycles. The maximum absolute atomic E-state index is 12.7. The van der Waals surface area contributed by atoms with Crippen LogP contribution in [-0.2, 0) is 0 Å². The first-order valence-electron chi connectivity index (χ1n) is 5.57. The Labute approximate surface area is 105 Å². The van der Waals surface area contributed by atoms with Crippen LogP contribution in [0.5, 0.6) is 5.75 Å². The molecule has 3 N–H and O–H groups in total. The molecule has 0 saturated heterocycles. The molecular formula is C14H14FNO2. The Morgan fingerprint density at radius 3 is 2.56 bits per heavy atom. The van der Waals surface area contributed by atoms with Crippen LogP contribution in [0.3, 0.4) is 0 Å². The van der Waals surface area contributed by atoms with E-state index in [0.29, 0.717) is 17.0 Å². The molecule has 0 aromatic heterocycles. The summed E-state index contributed by atoms with van der Waals surface area (Å²) in [5.41, 5.74) is 6.91. The van der Waals surface area contributed by atoms with E-state index in [1.807, 2.05) is 0 Å². The first-order chi connectivity index (χ1) is 8.65. The number of hydrogen-bond acceptors (Lipinski definition) is 3. The second-order valence-electron chi connectivity index (χ2n) is 3.95. The van der Waals surface area contributed by atoms with Crippen LogP contribution in [-0.4, -0.2) is 11.7 Å². The van der Waals surface area contributed by atoms with Crippen molar-refractivity contribution in [1.82, 2.24) is 0 Å². The number of aliphatic hydroxyl groups excluding tert-OH is 1. The minimum Gasteiger partial charge on any atom is -0.491 e. The normalized spacial score (nSPS) is 12.1. The molecule has 18 heavy (non-hydrogen) atoms. The Morgan fingerprint density at radius 1 is 1.17 bits per heavy atom. The van der Waals surface area contributed by atoms with Crippen LogP contribution >= 0.6 is 0 Å². The average molecular weight is 247 g/mol. The molecule has 0 fully saturated rings. The lowest BCUT2D eigenvalue weighted by atomic mass is 10.1. The number of halogens is 1. The molecule has 0 aliphatic carbocycles. The highest BCUT2D eigenvalue weighted by molar-refractivity contribution is 5.41. The van der Waals surface area contributed by atoms with Crippen molar-refractivity contribution < 1.29 is 14.2 Å². The smallest absolute Gasteiger partial charge is 0.123 e. The molecule has 0 bridgehead atoms. The maximum atomic E-state index is 12.7. The van der Waals surface area contributed by atoms with E-state index in [2.05, 4.69) is 0 Å². The number of ether oxygens (including phenoxy) is 1. The van der Waals surface area contributed by atoms with Gasteiger partial charge in [0.25, 0.3) is 0 Å². The summed E-state index contributed by atoms with van der Waals surface area (Å²) in [4.78, 5) is 0. The SMILES string of the molecule is Nc1cccc(C(O)COc2ccc(F)cc2)c1. The van der Waals surface area contributed by atoms with Gasteiger partial charge in [-0.2, -0.15) is 0 Å². The van der Waals surface area contributed by atoms with Crippen molar-refractivity contribution in [2.75, 3.05) is 12.3 Å². The van der Waals surface area contributed by atoms with Gasteiger partial charge in [0.15, 0.2) is 0 Å². The lowest BCUT2D eigenvalue weighted by molar-refractivity contribution is 0.108.